The third kappa shape index (κ3) is 6.42. The molecule has 0 aromatic heterocycles. The highest BCUT2D eigenvalue weighted by molar-refractivity contribution is 5.82. The zero-order chi connectivity index (χ0) is 15.8. The van der Waals surface area contributed by atoms with Crippen LogP contribution in [0.1, 0.15) is 24.0 Å². The smallest absolute Gasteiger partial charge is 0.326 e. The Balaban J connectivity index is 2.44. The molecule has 1 rings (SSSR count). The van der Waals surface area contributed by atoms with Crippen LogP contribution in [0.5, 0.6) is 0 Å². The first-order valence-corrected chi connectivity index (χ1v) is 6.43. The van der Waals surface area contributed by atoms with Crippen molar-refractivity contribution in [2.24, 2.45) is 0 Å². The molecule has 0 fully saturated rings. The molecule has 1 aromatic rings. The van der Waals surface area contributed by atoms with Crippen molar-refractivity contribution in [2.75, 3.05) is 0 Å². The Kier molecular flexibility index (Phi) is 6.19. The van der Waals surface area contributed by atoms with E-state index in [4.69, 9.17) is 10.2 Å². The molecule has 0 saturated heterocycles. The molecular weight excluding hydrogens is 276 g/mol. The van der Waals surface area contributed by atoms with Gasteiger partial charge >= 0.3 is 18.0 Å². The summed E-state index contributed by atoms with van der Waals surface area (Å²) in [5, 5.41) is 22.2. The quantitative estimate of drug-likeness (QED) is 0.601. The maximum absolute atomic E-state index is 11.6. The molecule has 0 radical (unpaired) electrons. The number of carboxylic acid groups (broad SMARTS) is 2. The second kappa shape index (κ2) is 7.88. The molecule has 0 saturated carbocycles. The van der Waals surface area contributed by atoms with Crippen LogP contribution >= 0.6 is 0 Å². The normalized spacial score (nSPS) is 11.5. The monoisotopic (exact) mass is 294 g/mol. The second-order valence-electron chi connectivity index (χ2n) is 4.64. The number of urea groups is 1. The molecule has 1 atom stereocenters. The van der Waals surface area contributed by atoms with E-state index in [2.05, 4.69) is 10.6 Å². The van der Waals surface area contributed by atoms with Gasteiger partial charge in [-0.1, -0.05) is 29.8 Å². The summed E-state index contributed by atoms with van der Waals surface area (Å²) in [6, 6.07) is 5.65. The number of carbonyl (C=O) groups is 3. The first kappa shape index (κ1) is 16.5. The van der Waals surface area contributed by atoms with Crippen molar-refractivity contribution in [3.05, 3.63) is 35.4 Å². The minimum Gasteiger partial charge on any atom is -0.481 e. The number of hydrogen-bond acceptors (Lipinski definition) is 3. The van der Waals surface area contributed by atoms with Gasteiger partial charge in [-0.3, -0.25) is 4.79 Å². The van der Waals surface area contributed by atoms with Crippen molar-refractivity contribution < 1.29 is 24.6 Å². The molecule has 1 unspecified atom stereocenters. The fourth-order valence-corrected chi connectivity index (χ4v) is 1.62. The van der Waals surface area contributed by atoms with Crippen LogP contribution in [0.2, 0.25) is 0 Å². The third-order valence-electron chi connectivity index (χ3n) is 2.82. The van der Waals surface area contributed by atoms with Gasteiger partial charge < -0.3 is 20.8 Å². The first-order valence-electron chi connectivity index (χ1n) is 6.43. The van der Waals surface area contributed by atoms with E-state index >= 15 is 0 Å². The van der Waals surface area contributed by atoms with Gasteiger partial charge in [-0.15, -0.1) is 0 Å². The molecule has 0 spiro atoms. The Morgan fingerprint density at radius 3 is 2.29 bits per heavy atom. The van der Waals surface area contributed by atoms with E-state index in [1.807, 2.05) is 31.2 Å². The maximum atomic E-state index is 11.6. The Morgan fingerprint density at radius 2 is 1.76 bits per heavy atom. The fourth-order valence-electron chi connectivity index (χ4n) is 1.62. The molecule has 2 amide bonds. The topological polar surface area (TPSA) is 116 Å². The minimum absolute atomic E-state index is 0.164. The number of carboxylic acids is 2. The molecule has 4 N–H and O–H groups in total. The van der Waals surface area contributed by atoms with Crippen molar-refractivity contribution >= 4 is 18.0 Å². The number of aryl methyl sites for hydroxylation is 1. The summed E-state index contributed by atoms with van der Waals surface area (Å²) in [5.74, 6) is -2.37. The summed E-state index contributed by atoms with van der Waals surface area (Å²) in [7, 11) is 0. The van der Waals surface area contributed by atoms with Crippen LogP contribution in [0.25, 0.3) is 0 Å². The fraction of sp³-hybridized carbons (Fsp3) is 0.357. The van der Waals surface area contributed by atoms with Gasteiger partial charge in [-0.2, -0.15) is 0 Å². The Morgan fingerprint density at radius 1 is 1.14 bits per heavy atom. The van der Waals surface area contributed by atoms with Gasteiger partial charge in [-0.25, -0.2) is 9.59 Å². The molecule has 114 valence electrons. The lowest BCUT2D eigenvalue weighted by Gasteiger charge is -2.14. The summed E-state index contributed by atoms with van der Waals surface area (Å²) in [6.45, 7) is 2.21. The van der Waals surface area contributed by atoms with E-state index in [1.54, 1.807) is 0 Å². The van der Waals surface area contributed by atoms with E-state index in [0.29, 0.717) is 0 Å². The zero-order valence-electron chi connectivity index (χ0n) is 11.6. The van der Waals surface area contributed by atoms with Crippen LogP contribution in [-0.2, 0) is 16.1 Å². The highest BCUT2D eigenvalue weighted by Crippen LogP contribution is 2.02. The second-order valence-corrected chi connectivity index (χ2v) is 4.64. The predicted octanol–water partition coefficient (Wildman–Crippen LogP) is 1.11. The number of carbonyl (C=O) groups excluding carboxylic acids is 1. The molecule has 1 aromatic carbocycles. The van der Waals surface area contributed by atoms with Gasteiger partial charge in [-0.05, 0) is 18.9 Å². The molecule has 21 heavy (non-hydrogen) atoms. The molecule has 0 bridgehead atoms. The van der Waals surface area contributed by atoms with Gasteiger partial charge in [0.05, 0.1) is 0 Å². The van der Waals surface area contributed by atoms with Crippen molar-refractivity contribution in [3.63, 3.8) is 0 Å². The van der Waals surface area contributed by atoms with Crippen molar-refractivity contribution in [1.82, 2.24) is 10.6 Å². The van der Waals surface area contributed by atoms with E-state index in [-0.39, 0.29) is 19.4 Å². The van der Waals surface area contributed by atoms with Crippen molar-refractivity contribution in [1.29, 1.82) is 0 Å². The predicted molar refractivity (Wildman–Crippen MR) is 74.8 cm³/mol. The average Bonchev–Trinajstić information content (AvgIpc) is 2.42. The lowest BCUT2D eigenvalue weighted by atomic mass is 10.1. The summed E-state index contributed by atoms with van der Waals surface area (Å²) < 4.78 is 0. The van der Waals surface area contributed by atoms with Crippen LogP contribution in [0.3, 0.4) is 0 Å². The molecule has 0 aliphatic heterocycles. The van der Waals surface area contributed by atoms with Gasteiger partial charge in [0, 0.05) is 13.0 Å². The standard InChI is InChI=1S/C14H18N2O5/c1-9-2-4-10(5-3-9)8-15-14(21)16-11(13(19)20)6-7-12(17)18/h2-5,11H,6-8H2,1H3,(H,17,18)(H,19,20)(H2,15,16,21). The van der Waals surface area contributed by atoms with Gasteiger partial charge in [0.25, 0.3) is 0 Å². The van der Waals surface area contributed by atoms with Gasteiger partial charge in [0.2, 0.25) is 0 Å². The van der Waals surface area contributed by atoms with E-state index in [0.717, 1.165) is 11.1 Å². The zero-order valence-corrected chi connectivity index (χ0v) is 11.6. The maximum Gasteiger partial charge on any atom is 0.326 e. The number of nitrogens with one attached hydrogen (secondary N) is 2. The largest absolute Gasteiger partial charge is 0.481 e. The van der Waals surface area contributed by atoms with Crippen LogP contribution in [-0.4, -0.2) is 34.2 Å². The Hall–Kier alpha value is -2.57. The van der Waals surface area contributed by atoms with E-state index in [9.17, 15) is 14.4 Å². The summed E-state index contributed by atoms with van der Waals surface area (Å²) in [5.41, 5.74) is 1.98. The SMILES string of the molecule is Cc1ccc(CNC(=O)NC(CCC(=O)O)C(=O)O)cc1. The van der Waals surface area contributed by atoms with E-state index in [1.165, 1.54) is 0 Å². The first-order chi connectivity index (χ1) is 9.88. The van der Waals surface area contributed by atoms with Crippen molar-refractivity contribution in [2.45, 2.75) is 32.4 Å². The lowest BCUT2D eigenvalue weighted by Crippen LogP contribution is -2.46. The number of aliphatic carboxylic acids is 2. The number of amides is 2. The van der Waals surface area contributed by atoms with Crippen LogP contribution < -0.4 is 10.6 Å². The van der Waals surface area contributed by atoms with Gasteiger partial charge in [0.1, 0.15) is 6.04 Å². The lowest BCUT2D eigenvalue weighted by molar-refractivity contribution is -0.140. The average molecular weight is 294 g/mol. The Bertz CT molecular complexity index is 513. The van der Waals surface area contributed by atoms with Crippen LogP contribution in [0.15, 0.2) is 24.3 Å². The summed E-state index contributed by atoms with van der Waals surface area (Å²) in [4.78, 5) is 33.0. The molecule has 0 aliphatic carbocycles. The molecular formula is C14H18N2O5. The highest BCUT2D eigenvalue weighted by atomic mass is 16.4. The van der Waals surface area contributed by atoms with Crippen LogP contribution in [0, 0.1) is 6.92 Å². The highest BCUT2D eigenvalue weighted by Gasteiger charge is 2.20. The molecule has 7 nitrogen and oxygen atoms in total. The number of benzene rings is 1. The van der Waals surface area contributed by atoms with E-state index < -0.39 is 24.0 Å². The van der Waals surface area contributed by atoms with Gasteiger partial charge in [0.15, 0.2) is 0 Å². The number of rotatable bonds is 7. The molecule has 7 heteroatoms. The third-order valence-corrected chi connectivity index (χ3v) is 2.82. The summed E-state index contributed by atoms with van der Waals surface area (Å²) >= 11 is 0. The molecule has 0 aliphatic rings. The van der Waals surface area contributed by atoms with Crippen LogP contribution in [0.4, 0.5) is 4.79 Å². The minimum atomic E-state index is -1.26. The van der Waals surface area contributed by atoms with Crippen molar-refractivity contribution in [3.8, 4) is 0 Å². The summed E-state index contributed by atoms with van der Waals surface area (Å²) in [6.07, 6.45) is -0.488. The molecule has 0 heterocycles. The number of hydrogen-bond donors (Lipinski definition) is 4. The Labute approximate surface area is 122 Å².